The summed E-state index contributed by atoms with van der Waals surface area (Å²) in [6.45, 7) is 1.35. The lowest BCUT2D eigenvalue weighted by molar-refractivity contribution is -0.147. The highest BCUT2D eigenvalue weighted by atomic mass is 79.9. The van der Waals surface area contributed by atoms with Gasteiger partial charge in [-0.3, -0.25) is 14.4 Å². The van der Waals surface area contributed by atoms with Crippen molar-refractivity contribution in [3.63, 3.8) is 0 Å². The summed E-state index contributed by atoms with van der Waals surface area (Å²) in [7, 11) is 1.50. The maximum atomic E-state index is 12.0. The zero-order valence-electron chi connectivity index (χ0n) is 15.9. The van der Waals surface area contributed by atoms with E-state index in [1.165, 1.54) is 7.11 Å². The van der Waals surface area contributed by atoms with E-state index in [-0.39, 0.29) is 18.7 Å². The smallest absolute Gasteiger partial charge is 0.306 e. The lowest BCUT2D eigenvalue weighted by Crippen LogP contribution is -2.22. The van der Waals surface area contributed by atoms with Crippen LogP contribution in [0.2, 0.25) is 5.02 Å². The molecular formula is C20H20BrClN2O5. The predicted octanol–water partition coefficient (Wildman–Crippen LogP) is 4.32. The Morgan fingerprint density at radius 2 is 1.72 bits per heavy atom. The molecule has 0 fully saturated rings. The normalized spacial score (nSPS) is 10.2. The third kappa shape index (κ3) is 7.07. The van der Waals surface area contributed by atoms with Gasteiger partial charge in [-0.1, -0.05) is 23.7 Å². The van der Waals surface area contributed by atoms with Crippen LogP contribution in [0.25, 0.3) is 0 Å². The number of amides is 2. The molecule has 2 aromatic carbocycles. The number of halogens is 2. The number of esters is 1. The molecule has 0 bridgehead atoms. The van der Waals surface area contributed by atoms with Gasteiger partial charge < -0.3 is 20.1 Å². The number of methoxy groups -OCH3 is 1. The molecule has 0 aliphatic carbocycles. The number of benzene rings is 2. The maximum absolute atomic E-state index is 12.0. The third-order valence-electron chi connectivity index (χ3n) is 3.84. The van der Waals surface area contributed by atoms with Crippen LogP contribution in [-0.2, 0) is 19.1 Å². The highest BCUT2D eigenvalue weighted by molar-refractivity contribution is 9.10. The minimum absolute atomic E-state index is 0.0834. The van der Waals surface area contributed by atoms with Crippen LogP contribution in [0.4, 0.5) is 11.4 Å². The number of carbonyl (C=O) groups excluding carboxylic acids is 3. The Bertz CT molecular complexity index is 920. The average Bonchev–Trinajstić information content (AvgIpc) is 2.69. The third-order valence-corrected chi connectivity index (χ3v) is 5.04. The van der Waals surface area contributed by atoms with Gasteiger partial charge in [-0.25, -0.2) is 0 Å². The summed E-state index contributed by atoms with van der Waals surface area (Å²) in [6, 6.07) is 10.3. The SMILES string of the molecule is COc1ccccc1NC(=O)CCC(=O)OCC(=O)Nc1cc(Cl)c(Br)cc1C. The lowest BCUT2D eigenvalue weighted by Gasteiger charge is -2.11. The molecule has 154 valence electrons. The van der Waals surface area contributed by atoms with E-state index in [0.717, 1.165) is 5.56 Å². The first-order chi connectivity index (χ1) is 13.8. The molecule has 2 rings (SSSR count). The second kappa shape index (κ2) is 10.8. The Balaban J connectivity index is 1.76. The van der Waals surface area contributed by atoms with Crippen LogP contribution in [0, 0.1) is 6.92 Å². The topological polar surface area (TPSA) is 93.7 Å². The number of aryl methyl sites for hydroxylation is 1. The fraction of sp³-hybridized carbons (Fsp3) is 0.250. The van der Waals surface area contributed by atoms with Crippen molar-refractivity contribution < 1.29 is 23.9 Å². The molecule has 0 aliphatic rings. The molecule has 7 nitrogen and oxygen atoms in total. The molecular weight excluding hydrogens is 464 g/mol. The van der Waals surface area contributed by atoms with Crippen molar-refractivity contribution in [2.24, 2.45) is 0 Å². The molecule has 0 radical (unpaired) electrons. The monoisotopic (exact) mass is 482 g/mol. The van der Waals surface area contributed by atoms with E-state index >= 15 is 0 Å². The second-order valence-corrected chi connectivity index (χ2v) is 7.30. The van der Waals surface area contributed by atoms with Gasteiger partial charge in [-0.15, -0.1) is 0 Å². The molecule has 0 saturated heterocycles. The van der Waals surface area contributed by atoms with Crippen LogP contribution < -0.4 is 15.4 Å². The largest absolute Gasteiger partial charge is 0.495 e. The van der Waals surface area contributed by atoms with E-state index in [2.05, 4.69) is 26.6 Å². The number of hydrogen-bond acceptors (Lipinski definition) is 5. The molecule has 0 aromatic heterocycles. The molecule has 9 heteroatoms. The van der Waals surface area contributed by atoms with Crippen LogP contribution in [0.15, 0.2) is 40.9 Å². The number of nitrogens with one attached hydrogen (secondary N) is 2. The van der Waals surface area contributed by atoms with Gasteiger partial charge in [0.05, 0.1) is 24.2 Å². The van der Waals surface area contributed by atoms with E-state index < -0.39 is 18.5 Å². The van der Waals surface area contributed by atoms with E-state index in [1.54, 1.807) is 36.4 Å². The van der Waals surface area contributed by atoms with Gasteiger partial charge in [0, 0.05) is 16.6 Å². The highest BCUT2D eigenvalue weighted by Gasteiger charge is 2.13. The van der Waals surface area contributed by atoms with Gasteiger partial charge in [-0.2, -0.15) is 0 Å². The van der Waals surface area contributed by atoms with Crippen molar-refractivity contribution in [2.45, 2.75) is 19.8 Å². The summed E-state index contributed by atoms with van der Waals surface area (Å²) in [4.78, 5) is 35.8. The standard InChI is InChI=1S/C20H20BrClN2O5/c1-12-9-13(21)14(22)10-16(12)24-19(26)11-29-20(27)8-7-18(25)23-15-5-3-4-6-17(15)28-2/h3-6,9-10H,7-8,11H2,1-2H3,(H,23,25)(H,24,26). The molecule has 2 N–H and O–H groups in total. The Morgan fingerprint density at radius 1 is 1.03 bits per heavy atom. The lowest BCUT2D eigenvalue weighted by atomic mass is 10.2. The zero-order valence-corrected chi connectivity index (χ0v) is 18.2. The molecule has 0 unspecified atom stereocenters. The number of rotatable bonds is 8. The first-order valence-electron chi connectivity index (χ1n) is 8.64. The van der Waals surface area contributed by atoms with E-state index in [4.69, 9.17) is 21.1 Å². The van der Waals surface area contributed by atoms with Gasteiger partial charge in [0.1, 0.15) is 5.75 Å². The Morgan fingerprint density at radius 3 is 2.45 bits per heavy atom. The van der Waals surface area contributed by atoms with Crippen molar-refractivity contribution >= 4 is 56.7 Å². The minimum atomic E-state index is -0.652. The van der Waals surface area contributed by atoms with Crippen molar-refractivity contribution in [1.82, 2.24) is 0 Å². The van der Waals surface area contributed by atoms with E-state index in [0.29, 0.717) is 26.6 Å². The molecule has 0 atom stereocenters. The van der Waals surface area contributed by atoms with Gasteiger partial charge in [-0.05, 0) is 52.7 Å². The summed E-state index contributed by atoms with van der Waals surface area (Å²) < 4.78 is 10.8. The van der Waals surface area contributed by atoms with Crippen molar-refractivity contribution in [3.05, 3.63) is 51.5 Å². The zero-order chi connectivity index (χ0) is 21.4. The molecule has 0 saturated carbocycles. The van der Waals surface area contributed by atoms with E-state index in [9.17, 15) is 14.4 Å². The van der Waals surface area contributed by atoms with Crippen molar-refractivity contribution in [3.8, 4) is 5.75 Å². The first kappa shape index (κ1) is 22.7. The van der Waals surface area contributed by atoms with Gasteiger partial charge >= 0.3 is 5.97 Å². The van der Waals surface area contributed by atoms with Crippen LogP contribution >= 0.6 is 27.5 Å². The Kier molecular flexibility index (Phi) is 8.48. The molecule has 2 amide bonds. The predicted molar refractivity (Wildman–Crippen MR) is 114 cm³/mol. The molecule has 0 aliphatic heterocycles. The Labute approximate surface area is 181 Å². The Hall–Kier alpha value is -2.58. The van der Waals surface area contributed by atoms with Gasteiger partial charge in [0.2, 0.25) is 5.91 Å². The fourth-order valence-corrected chi connectivity index (χ4v) is 2.98. The van der Waals surface area contributed by atoms with Crippen molar-refractivity contribution in [1.29, 1.82) is 0 Å². The highest BCUT2D eigenvalue weighted by Crippen LogP contribution is 2.29. The average molecular weight is 484 g/mol. The number of anilines is 2. The summed E-state index contributed by atoms with van der Waals surface area (Å²) in [5, 5.41) is 5.74. The summed E-state index contributed by atoms with van der Waals surface area (Å²) in [5.41, 5.74) is 1.83. The maximum Gasteiger partial charge on any atom is 0.306 e. The van der Waals surface area contributed by atoms with Crippen LogP contribution in [0.3, 0.4) is 0 Å². The minimum Gasteiger partial charge on any atom is -0.495 e. The number of para-hydroxylation sites is 2. The molecule has 29 heavy (non-hydrogen) atoms. The fourth-order valence-electron chi connectivity index (χ4n) is 2.36. The molecule has 2 aromatic rings. The van der Waals surface area contributed by atoms with Gasteiger partial charge in [0.25, 0.3) is 5.91 Å². The van der Waals surface area contributed by atoms with E-state index in [1.807, 2.05) is 6.92 Å². The van der Waals surface area contributed by atoms with Crippen molar-refractivity contribution in [2.75, 3.05) is 24.4 Å². The summed E-state index contributed by atoms with van der Waals surface area (Å²) >= 11 is 9.32. The summed E-state index contributed by atoms with van der Waals surface area (Å²) in [5.74, 6) is -1.00. The summed E-state index contributed by atoms with van der Waals surface area (Å²) in [6.07, 6.45) is -0.239. The quantitative estimate of drug-likeness (QED) is 0.545. The van der Waals surface area contributed by atoms with Gasteiger partial charge in [0.15, 0.2) is 6.61 Å². The van der Waals surface area contributed by atoms with Crippen LogP contribution in [0.1, 0.15) is 18.4 Å². The number of ether oxygens (including phenoxy) is 2. The van der Waals surface area contributed by atoms with Crippen LogP contribution in [-0.4, -0.2) is 31.5 Å². The van der Waals surface area contributed by atoms with Crippen LogP contribution in [0.5, 0.6) is 5.75 Å². The number of carbonyl (C=O) groups is 3. The second-order valence-electron chi connectivity index (χ2n) is 6.04. The molecule has 0 spiro atoms. The number of hydrogen-bond donors (Lipinski definition) is 2. The molecule has 0 heterocycles. The first-order valence-corrected chi connectivity index (χ1v) is 9.81.